The van der Waals surface area contributed by atoms with Crippen molar-refractivity contribution in [2.24, 2.45) is 0 Å². The Balaban J connectivity index is 0.621. The zero-order chi connectivity index (χ0) is 69.0. The number of aryl methyl sites for hydroxylation is 1. The smallest absolute Gasteiger partial charge is 0.290 e. The molecule has 0 saturated carbocycles. The largest absolute Gasteiger partial charge is 0.295 e. The number of amides is 8. The first-order valence-corrected chi connectivity index (χ1v) is 33.4. The molecule has 4 aliphatic rings. The van der Waals surface area contributed by atoms with Crippen LogP contribution in [0.2, 0.25) is 0 Å². The van der Waals surface area contributed by atoms with Crippen LogP contribution in [0.1, 0.15) is 99.6 Å². The standard InChI is InChI=1S/C81H46N8O11S/c1-44-42-49(84-74(90)51-34-38-55-70-56(39-35-52(68(51)70)75(84)91)79(95)88(78(55)94)65-26-14-12-24-63(65)86-61-22-10-8-20-59(61)82-72(86)47-16-4-2-5-17-47)32-30-45(44)28-29-46-31-33-50(43-67(46)101(98,99)100)85-76(92)53-36-40-57-71-58(41-37-54(69(53)71)77(85)93)81(97)89(80(57)96)66-27-15-13-25-64(66)87-62-23-11-9-21-60(62)83-73(87)48-18-6-3-7-19-48/h2-43H,1H3,(H,98,99,100)/b29-28+. The highest BCUT2D eigenvalue weighted by molar-refractivity contribution is 7.86. The number of nitrogens with zero attached hydrogens (tertiary/aromatic N) is 8. The third-order valence-corrected chi connectivity index (χ3v) is 20.1. The summed E-state index contributed by atoms with van der Waals surface area (Å²) in [6.07, 6.45) is 2.95. The van der Waals surface area contributed by atoms with E-state index >= 15 is 0 Å². The molecule has 6 heterocycles. The van der Waals surface area contributed by atoms with E-state index in [-0.39, 0.29) is 94.4 Å². The molecular weight excluding hydrogens is 1290 g/mol. The molecule has 8 amide bonds. The molecule has 0 spiro atoms. The van der Waals surface area contributed by atoms with E-state index in [9.17, 15) is 51.3 Å². The average Bonchev–Trinajstić information content (AvgIpc) is 1.16. The van der Waals surface area contributed by atoms with Gasteiger partial charge in [0.1, 0.15) is 16.5 Å². The Labute approximate surface area is 572 Å². The van der Waals surface area contributed by atoms with Gasteiger partial charge in [0, 0.05) is 77.2 Å². The van der Waals surface area contributed by atoms with Crippen molar-refractivity contribution in [2.45, 2.75) is 11.8 Å². The monoisotopic (exact) mass is 1340 g/mol. The van der Waals surface area contributed by atoms with Crippen LogP contribution in [0, 0.1) is 6.92 Å². The van der Waals surface area contributed by atoms with Crippen molar-refractivity contribution in [1.29, 1.82) is 0 Å². The minimum absolute atomic E-state index is 0.0393. The maximum Gasteiger partial charge on any atom is 0.295 e. The van der Waals surface area contributed by atoms with Crippen LogP contribution >= 0.6 is 0 Å². The highest BCUT2D eigenvalue weighted by Crippen LogP contribution is 2.46. The van der Waals surface area contributed by atoms with Gasteiger partial charge in [-0.3, -0.25) is 52.0 Å². The molecule has 20 heteroatoms. The highest BCUT2D eigenvalue weighted by Gasteiger charge is 2.44. The van der Waals surface area contributed by atoms with Crippen LogP contribution in [0.15, 0.2) is 248 Å². The molecule has 1 N–H and O–H groups in total. The molecule has 482 valence electrons. The fraction of sp³-hybridized carbons (Fsp3) is 0.0123. The molecule has 0 saturated heterocycles. The fourth-order valence-electron chi connectivity index (χ4n) is 14.6. The van der Waals surface area contributed by atoms with Gasteiger partial charge in [-0.2, -0.15) is 8.42 Å². The molecule has 2 aromatic heterocycles. The number of rotatable bonds is 11. The lowest BCUT2D eigenvalue weighted by molar-refractivity contribution is 0.0873. The zero-order valence-corrected chi connectivity index (χ0v) is 53.6. The van der Waals surface area contributed by atoms with Crippen LogP contribution in [0.5, 0.6) is 0 Å². The Morgan fingerprint density at radius 3 is 1.00 bits per heavy atom. The molecule has 0 fully saturated rings. The van der Waals surface area contributed by atoms with Crippen molar-refractivity contribution in [3.05, 3.63) is 304 Å². The van der Waals surface area contributed by atoms with Crippen molar-refractivity contribution in [2.75, 3.05) is 19.6 Å². The van der Waals surface area contributed by atoms with Crippen molar-refractivity contribution in [3.63, 3.8) is 0 Å². The lowest BCUT2D eigenvalue weighted by atomic mass is 9.85. The quantitative estimate of drug-likeness (QED) is 0.0721. The first-order chi connectivity index (χ1) is 49.0. The molecule has 14 aromatic rings. The predicted octanol–water partition coefficient (Wildman–Crippen LogP) is 14.9. The predicted molar refractivity (Wildman–Crippen MR) is 382 cm³/mol. The van der Waals surface area contributed by atoms with E-state index in [1.165, 1.54) is 72.8 Å². The van der Waals surface area contributed by atoms with Crippen molar-refractivity contribution in [1.82, 2.24) is 19.1 Å². The lowest BCUT2D eigenvalue weighted by Crippen LogP contribution is -2.43. The topological polar surface area (TPSA) is 240 Å². The van der Waals surface area contributed by atoms with Gasteiger partial charge >= 0.3 is 0 Å². The van der Waals surface area contributed by atoms with Crippen LogP contribution in [-0.4, -0.2) is 79.3 Å². The zero-order valence-electron chi connectivity index (χ0n) is 52.8. The Morgan fingerprint density at radius 2 is 0.634 bits per heavy atom. The number of imidazole rings is 2. The summed E-state index contributed by atoms with van der Waals surface area (Å²) in [5.41, 5.74) is 7.42. The van der Waals surface area contributed by atoms with Gasteiger partial charge in [-0.1, -0.05) is 133 Å². The van der Waals surface area contributed by atoms with E-state index in [0.29, 0.717) is 45.2 Å². The van der Waals surface area contributed by atoms with Crippen LogP contribution in [-0.2, 0) is 10.1 Å². The lowest BCUT2D eigenvalue weighted by Gasteiger charge is -2.32. The number of benzene rings is 12. The number of carbonyl (C=O) groups excluding carboxylic acids is 8. The minimum Gasteiger partial charge on any atom is -0.290 e. The van der Waals surface area contributed by atoms with Gasteiger partial charge in [0.15, 0.2) is 0 Å². The second-order valence-corrected chi connectivity index (χ2v) is 26.1. The van der Waals surface area contributed by atoms with Crippen LogP contribution in [0.4, 0.5) is 22.7 Å². The molecule has 0 radical (unpaired) electrons. The number of para-hydroxylation sites is 8. The maximum absolute atomic E-state index is 15.0. The summed E-state index contributed by atoms with van der Waals surface area (Å²) in [5, 5.41) is 0.529. The normalized spacial score (nSPS) is 14.4. The average molecular weight is 1340 g/mol. The van der Waals surface area contributed by atoms with Gasteiger partial charge in [-0.15, -0.1) is 0 Å². The molecular formula is C81H46N8O11S. The third kappa shape index (κ3) is 8.85. The molecule has 0 unspecified atom stereocenters. The summed E-state index contributed by atoms with van der Waals surface area (Å²) in [7, 11) is -5.07. The Morgan fingerprint density at radius 1 is 0.327 bits per heavy atom. The van der Waals surface area contributed by atoms with Crippen LogP contribution in [0.3, 0.4) is 0 Å². The van der Waals surface area contributed by atoms with E-state index in [2.05, 4.69) is 0 Å². The summed E-state index contributed by atoms with van der Waals surface area (Å²) >= 11 is 0. The summed E-state index contributed by atoms with van der Waals surface area (Å²) in [6, 6.07) is 68.2. The molecule has 101 heavy (non-hydrogen) atoms. The third-order valence-electron chi connectivity index (χ3n) is 19.2. The van der Waals surface area contributed by atoms with Gasteiger partial charge in [-0.05, 0) is 145 Å². The van der Waals surface area contributed by atoms with Gasteiger partial charge < -0.3 is 0 Å². The Hall–Kier alpha value is -13.7. The van der Waals surface area contributed by atoms with E-state index in [1.54, 1.807) is 61.5 Å². The number of fused-ring (bicyclic) bond motifs is 2. The van der Waals surface area contributed by atoms with Gasteiger partial charge in [-0.25, -0.2) is 29.6 Å². The van der Waals surface area contributed by atoms with Crippen molar-refractivity contribution < 1.29 is 51.3 Å². The highest BCUT2D eigenvalue weighted by atomic mass is 32.2. The van der Waals surface area contributed by atoms with E-state index < -0.39 is 62.3 Å². The Kier molecular flexibility index (Phi) is 13.1. The second kappa shape index (κ2) is 22.2. The molecule has 0 aliphatic carbocycles. The summed E-state index contributed by atoms with van der Waals surface area (Å²) in [5.74, 6) is -4.73. The number of aromatic nitrogens is 4. The van der Waals surface area contributed by atoms with Crippen molar-refractivity contribution >= 4 is 136 Å². The fourth-order valence-corrected chi connectivity index (χ4v) is 15.3. The van der Waals surface area contributed by atoms with Crippen LogP contribution < -0.4 is 19.6 Å². The van der Waals surface area contributed by atoms with E-state index in [4.69, 9.17) is 9.97 Å². The molecule has 4 aliphatic heterocycles. The summed E-state index contributed by atoms with van der Waals surface area (Å²) in [6.45, 7) is 1.71. The van der Waals surface area contributed by atoms with Gasteiger partial charge in [0.25, 0.3) is 57.4 Å². The summed E-state index contributed by atoms with van der Waals surface area (Å²) in [4.78, 5) is 132. The molecule has 0 bridgehead atoms. The first-order valence-electron chi connectivity index (χ1n) is 31.9. The molecule has 0 atom stereocenters. The number of carbonyl (C=O) groups is 8. The molecule has 19 nitrogen and oxygen atoms in total. The number of hydrogen-bond acceptors (Lipinski definition) is 12. The van der Waals surface area contributed by atoms with Crippen molar-refractivity contribution in [3.8, 4) is 34.2 Å². The minimum atomic E-state index is -5.07. The SMILES string of the molecule is Cc1cc(N2C(=O)c3ccc4c5c(ccc(c35)C2=O)C(=O)N(c2ccccc2-n2c(-c3ccccc3)nc3ccccc32)C4=O)ccc1/C=C/c1ccc(N2C(=O)c3ccc4c5c(ccc(c35)C2=O)C(=O)N(c2ccccc2-n2c(-c3ccccc3)nc3ccccc32)C4=O)cc1S(=O)(=O)O. The van der Waals surface area contributed by atoms with E-state index in [0.717, 1.165) is 47.8 Å². The number of imide groups is 4. The van der Waals surface area contributed by atoms with E-state index in [1.807, 2.05) is 130 Å². The Bertz CT molecular complexity index is 6220. The maximum atomic E-state index is 15.0. The van der Waals surface area contributed by atoms with Crippen LogP contribution in [0.25, 0.3) is 89.9 Å². The molecule has 12 aromatic carbocycles. The molecule has 18 rings (SSSR count). The second-order valence-electron chi connectivity index (χ2n) is 24.7. The van der Waals surface area contributed by atoms with Gasteiger partial charge in [0.05, 0.1) is 56.2 Å². The summed E-state index contributed by atoms with van der Waals surface area (Å²) < 4.78 is 41.2. The number of hydrogen-bond donors (Lipinski definition) is 1. The first kappa shape index (κ1) is 59.8. The number of anilines is 4. The van der Waals surface area contributed by atoms with Gasteiger partial charge in [0.2, 0.25) is 0 Å².